The zero-order chi connectivity index (χ0) is 15.6. The highest BCUT2D eigenvalue weighted by molar-refractivity contribution is 6.00. The normalized spacial score (nSPS) is 17.8. The van der Waals surface area contributed by atoms with Crippen LogP contribution in [0.15, 0.2) is 17.3 Å². The van der Waals surface area contributed by atoms with E-state index < -0.39 is 34.5 Å². The summed E-state index contributed by atoms with van der Waals surface area (Å²) in [5.74, 6) is -5.81. The van der Waals surface area contributed by atoms with Crippen LogP contribution < -0.4 is 11.1 Å². The molecule has 0 aliphatic heterocycles. The molecule has 21 heavy (non-hydrogen) atoms. The quantitative estimate of drug-likeness (QED) is 0.262. The molecule has 1 aromatic carbocycles. The highest BCUT2D eigenvalue weighted by Crippen LogP contribution is 2.30. The zero-order valence-electron chi connectivity index (χ0n) is 11.0. The topological polar surface area (TPSA) is 87.7 Å². The van der Waals surface area contributed by atoms with E-state index in [0.717, 1.165) is 18.9 Å². The number of amides is 1. The maximum atomic E-state index is 13.6. The standard InChI is InChI=1S/C13H14F3N3O2/c14-8-4-3-7(9(15)10(8)16)11(20)18-13(12(17)19-21)5-1-2-6-13/h3-4,21H,1-2,5-6H2,(H2,17,19)(H,18,20). The predicted molar refractivity (Wildman–Crippen MR) is 68.4 cm³/mol. The van der Waals surface area contributed by atoms with E-state index in [-0.39, 0.29) is 5.84 Å². The largest absolute Gasteiger partial charge is 0.409 e. The summed E-state index contributed by atoms with van der Waals surface area (Å²) in [7, 11) is 0. The van der Waals surface area contributed by atoms with Gasteiger partial charge < -0.3 is 16.3 Å². The van der Waals surface area contributed by atoms with E-state index in [9.17, 15) is 18.0 Å². The van der Waals surface area contributed by atoms with Crippen molar-refractivity contribution in [1.29, 1.82) is 0 Å². The van der Waals surface area contributed by atoms with Crippen molar-refractivity contribution in [2.24, 2.45) is 10.9 Å². The number of hydrogen-bond donors (Lipinski definition) is 3. The molecule has 114 valence electrons. The fourth-order valence-electron chi connectivity index (χ4n) is 2.51. The molecule has 0 saturated heterocycles. The molecule has 1 fully saturated rings. The first-order valence-electron chi connectivity index (χ1n) is 6.35. The van der Waals surface area contributed by atoms with Gasteiger partial charge in [0.2, 0.25) is 0 Å². The minimum Gasteiger partial charge on any atom is -0.409 e. The van der Waals surface area contributed by atoms with Crippen molar-refractivity contribution in [3.05, 3.63) is 35.1 Å². The van der Waals surface area contributed by atoms with Gasteiger partial charge in [0.05, 0.1) is 5.56 Å². The van der Waals surface area contributed by atoms with Crippen LogP contribution in [0.2, 0.25) is 0 Å². The van der Waals surface area contributed by atoms with Gasteiger partial charge in [-0.05, 0) is 25.0 Å². The van der Waals surface area contributed by atoms with Crippen molar-refractivity contribution in [3.8, 4) is 0 Å². The highest BCUT2D eigenvalue weighted by Gasteiger charge is 2.40. The number of carbonyl (C=O) groups is 1. The number of oxime groups is 1. The maximum absolute atomic E-state index is 13.6. The van der Waals surface area contributed by atoms with E-state index in [4.69, 9.17) is 10.9 Å². The molecule has 0 heterocycles. The summed E-state index contributed by atoms with van der Waals surface area (Å²) in [5, 5.41) is 14.2. The summed E-state index contributed by atoms with van der Waals surface area (Å²) >= 11 is 0. The second-order valence-corrected chi connectivity index (χ2v) is 4.95. The van der Waals surface area contributed by atoms with E-state index >= 15 is 0 Å². The number of rotatable bonds is 3. The molecule has 1 aliphatic rings. The average Bonchev–Trinajstić information content (AvgIpc) is 2.93. The van der Waals surface area contributed by atoms with E-state index in [0.29, 0.717) is 18.9 Å². The lowest BCUT2D eigenvalue weighted by molar-refractivity contribution is 0.0917. The molecule has 0 atom stereocenters. The van der Waals surface area contributed by atoms with Gasteiger partial charge in [-0.2, -0.15) is 0 Å². The summed E-state index contributed by atoms with van der Waals surface area (Å²) in [5.41, 5.74) is 3.86. The number of nitrogens with one attached hydrogen (secondary N) is 1. The molecule has 0 bridgehead atoms. The summed E-state index contributed by atoms with van der Waals surface area (Å²) in [6, 6.07) is 1.51. The molecule has 1 amide bonds. The lowest BCUT2D eigenvalue weighted by Gasteiger charge is -2.28. The van der Waals surface area contributed by atoms with Gasteiger partial charge in [-0.3, -0.25) is 4.79 Å². The fraction of sp³-hybridized carbons (Fsp3) is 0.385. The van der Waals surface area contributed by atoms with Gasteiger partial charge in [0.1, 0.15) is 5.54 Å². The van der Waals surface area contributed by atoms with E-state index in [1.807, 2.05) is 0 Å². The lowest BCUT2D eigenvalue weighted by Crippen LogP contribution is -2.55. The number of carbonyl (C=O) groups excluding carboxylic acids is 1. The van der Waals surface area contributed by atoms with Gasteiger partial charge in [0.15, 0.2) is 23.3 Å². The molecule has 4 N–H and O–H groups in total. The van der Waals surface area contributed by atoms with Gasteiger partial charge in [-0.25, -0.2) is 13.2 Å². The number of benzene rings is 1. The van der Waals surface area contributed by atoms with Crippen molar-refractivity contribution in [3.63, 3.8) is 0 Å². The molecule has 1 aromatic rings. The van der Waals surface area contributed by atoms with Crippen LogP contribution in [0.1, 0.15) is 36.0 Å². The Morgan fingerprint density at radius 1 is 1.24 bits per heavy atom. The van der Waals surface area contributed by atoms with Gasteiger partial charge in [0, 0.05) is 0 Å². The Morgan fingerprint density at radius 3 is 2.43 bits per heavy atom. The number of nitrogens with zero attached hydrogens (tertiary/aromatic N) is 1. The minimum atomic E-state index is -1.72. The van der Waals surface area contributed by atoms with Crippen LogP contribution in [0.5, 0.6) is 0 Å². The maximum Gasteiger partial charge on any atom is 0.255 e. The van der Waals surface area contributed by atoms with Crippen LogP contribution in [-0.2, 0) is 0 Å². The Morgan fingerprint density at radius 2 is 1.86 bits per heavy atom. The molecule has 0 radical (unpaired) electrons. The molecule has 0 spiro atoms. The molecule has 5 nitrogen and oxygen atoms in total. The zero-order valence-corrected chi connectivity index (χ0v) is 11.0. The average molecular weight is 301 g/mol. The van der Waals surface area contributed by atoms with E-state index in [2.05, 4.69) is 10.5 Å². The minimum absolute atomic E-state index is 0.198. The molecule has 1 aliphatic carbocycles. The van der Waals surface area contributed by atoms with Gasteiger partial charge in [-0.15, -0.1) is 0 Å². The van der Waals surface area contributed by atoms with Gasteiger partial charge >= 0.3 is 0 Å². The summed E-state index contributed by atoms with van der Waals surface area (Å²) in [4.78, 5) is 12.1. The molecular formula is C13H14F3N3O2. The summed E-state index contributed by atoms with van der Waals surface area (Å²) in [6.07, 6.45) is 2.30. The Labute approximate surface area is 118 Å². The molecule has 8 heteroatoms. The van der Waals surface area contributed by atoms with Crippen LogP contribution in [0, 0.1) is 17.5 Å². The van der Waals surface area contributed by atoms with Crippen molar-refractivity contribution < 1.29 is 23.2 Å². The van der Waals surface area contributed by atoms with Gasteiger partial charge in [-0.1, -0.05) is 18.0 Å². The second-order valence-electron chi connectivity index (χ2n) is 4.95. The van der Waals surface area contributed by atoms with Crippen molar-refractivity contribution in [2.75, 3.05) is 0 Å². The Hall–Kier alpha value is -2.25. The molecule has 1 saturated carbocycles. The molecular weight excluding hydrogens is 287 g/mol. The van der Waals surface area contributed by atoms with Gasteiger partial charge in [0.25, 0.3) is 5.91 Å². The Kier molecular flexibility index (Phi) is 4.06. The number of hydrogen-bond acceptors (Lipinski definition) is 3. The third-order valence-corrected chi connectivity index (χ3v) is 3.69. The first-order chi connectivity index (χ1) is 9.91. The Bertz CT molecular complexity index is 599. The first-order valence-corrected chi connectivity index (χ1v) is 6.35. The second kappa shape index (κ2) is 5.63. The van der Waals surface area contributed by atoms with E-state index in [1.165, 1.54) is 0 Å². The first kappa shape index (κ1) is 15.1. The summed E-state index contributed by atoms with van der Waals surface area (Å²) < 4.78 is 39.6. The van der Waals surface area contributed by atoms with Crippen molar-refractivity contribution in [2.45, 2.75) is 31.2 Å². The van der Waals surface area contributed by atoms with Crippen LogP contribution in [0.3, 0.4) is 0 Å². The summed E-state index contributed by atoms with van der Waals surface area (Å²) in [6.45, 7) is 0. The van der Waals surface area contributed by atoms with Crippen LogP contribution in [-0.4, -0.2) is 22.5 Å². The third kappa shape index (κ3) is 2.65. The van der Waals surface area contributed by atoms with Crippen LogP contribution >= 0.6 is 0 Å². The number of halogens is 3. The molecule has 0 aromatic heterocycles. The van der Waals surface area contributed by atoms with Crippen LogP contribution in [0.4, 0.5) is 13.2 Å². The smallest absolute Gasteiger partial charge is 0.255 e. The SMILES string of the molecule is NC(=NO)C1(NC(=O)c2ccc(F)c(F)c2F)CCCC1. The predicted octanol–water partition coefficient (Wildman–Crippen LogP) is 1.89. The molecule has 0 unspecified atom stereocenters. The monoisotopic (exact) mass is 301 g/mol. The van der Waals surface area contributed by atoms with Crippen LogP contribution in [0.25, 0.3) is 0 Å². The fourth-order valence-corrected chi connectivity index (χ4v) is 2.51. The number of amidine groups is 1. The molecule has 2 rings (SSSR count). The third-order valence-electron chi connectivity index (χ3n) is 3.69. The Balaban J connectivity index is 2.31. The van der Waals surface area contributed by atoms with E-state index in [1.54, 1.807) is 0 Å². The lowest BCUT2D eigenvalue weighted by atomic mass is 9.95. The number of nitrogens with two attached hydrogens (primary N) is 1. The van der Waals surface area contributed by atoms with Crippen molar-refractivity contribution >= 4 is 11.7 Å². The highest BCUT2D eigenvalue weighted by atomic mass is 19.2. The van der Waals surface area contributed by atoms with Crippen molar-refractivity contribution in [1.82, 2.24) is 5.32 Å².